The van der Waals surface area contributed by atoms with E-state index in [1.165, 1.54) is 6.42 Å². The van der Waals surface area contributed by atoms with Crippen LogP contribution in [0.15, 0.2) is 24.3 Å². The van der Waals surface area contributed by atoms with E-state index in [1.807, 2.05) is 24.3 Å². The summed E-state index contributed by atoms with van der Waals surface area (Å²) in [5.41, 5.74) is 1.41. The third-order valence-corrected chi connectivity index (χ3v) is 4.10. The second-order valence-corrected chi connectivity index (χ2v) is 5.93. The van der Waals surface area contributed by atoms with Crippen molar-refractivity contribution in [1.29, 1.82) is 0 Å². The van der Waals surface area contributed by atoms with Crippen molar-refractivity contribution in [2.24, 2.45) is 5.41 Å². The molecule has 0 heterocycles. The number of aliphatic hydroxyl groups excluding tert-OH is 1. The number of amides is 1. The fraction of sp³-hybridized carbons (Fsp3) is 0.500. The smallest absolute Gasteiger partial charge is 0.230 e. The molecule has 1 aliphatic rings. The Balaban J connectivity index is 2.04. The van der Waals surface area contributed by atoms with E-state index >= 15 is 0 Å². The number of hydrogen-bond acceptors (Lipinski definition) is 2. The fourth-order valence-electron chi connectivity index (χ4n) is 2.74. The van der Waals surface area contributed by atoms with Crippen LogP contribution in [0.2, 0.25) is 0 Å². The zero-order valence-electron chi connectivity index (χ0n) is 12.6. The Labute approximate surface area is 126 Å². The van der Waals surface area contributed by atoms with Gasteiger partial charge in [-0.15, -0.1) is 0 Å². The summed E-state index contributed by atoms with van der Waals surface area (Å²) in [5.74, 6) is 5.99. The summed E-state index contributed by atoms with van der Waals surface area (Å²) in [7, 11) is 0. The third-order valence-electron chi connectivity index (χ3n) is 4.10. The van der Waals surface area contributed by atoms with Gasteiger partial charge in [-0.05, 0) is 31.0 Å². The minimum Gasteiger partial charge on any atom is -0.395 e. The van der Waals surface area contributed by atoms with Gasteiger partial charge in [0.15, 0.2) is 0 Å². The van der Waals surface area contributed by atoms with Crippen LogP contribution in [-0.4, -0.2) is 17.6 Å². The number of rotatable bonds is 3. The van der Waals surface area contributed by atoms with E-state index in [1.54, 1.807) is 0 Å². The van der Waals surface area contributed by atoms with Crippen molar-refractivity contribution in [3.8, 4) is 11.8 Å². The second kappa shape index (κ2) is 7.28. The Morgan fingerprint density at radius 3 is 2.81 bits per heavy atom. The van der Waals surface area contributed by atoms with Crippen LogP contribution < -0.4 is 5.32 Å². The molecule has 1 amide bonds. The number of carbonyl (C=O) groups is 1. The number of hydrogen-bond donors (Lipinski definition) is 2. The number of nitrogens with one attached hydrogen (secondary N) is 1. The lowest BCUT2D eigenvalue weighted by Crippen LogP contribution is -2.35. The van der Waals surface area contributed by atoms with Crippen LogP contribution in [0.1, 0.15) is 51.0 Å². The Hall–Kier alpha value is -1.79. The predicted molar refractivity (Wildman–Crippen MR) is 84.8 cm³/mol. The minimum absolute atomic E-state index is 0.0712. The lowest BCUT2D eigenvalue weighted by atomic mass is 9.75. The summed E-state index contributed by atoms with van der Waals surface area (Å²) in [5, 5.41) is 11.8. The van der Waals surface area contributed by atoms with E-state index in [4.69, 9.17) is 5.11 Å². The standard InChI is InChI=1S/C18H23NO2/c1-18(11-4-2-5-12-18)17(21)19-16-10-7-9-15(14-16)8-3-6-13-20/h7,9-10,14,20H,2,4-6,11-13H2,1H3,(H,19,21). The zero-order valence-corrected chi connectivity index (χ0v) is 12.6. The molecule has 2 rings (SSSR count). The highest BCUT2D eigenvalue weighted by molar-refractivity contribution is 5.95. The van der Waals surface area contributed by atoms with Crippen LogP contribution >= 0.6 is 0 Å². The molecule has 1 aliphatic carbocycles. The van der Waals surface area contributed by atoms with Crippen molar-refractivity contribution in [1.82, 2.24) is 0 Å². The largest absolute Gasteiger partial charge is 0.395 e. The zero-order chi connectivity index (χ0) is 15.1. The third kappa shape index (κ3) is 4.34. The number of carbonyl (C=O) groups excluding carboxylic acids is 1. The molecule has 1 aromatic rings. The molecule has 3 heteroatoms. The lowest BCUT2D eigenvalue weighted by molar-refractivity contribution is -0.126. The van der Waals surface area contributed by atoms with Gasteiger partial charge in [0.1, 0.15) is 0 Å². The second-order valence-electron chi connectivity index (χ2n) is 5.93. The van der Waals surface area contributed by atoms with E-state index in [0.29, 0.717) is 6.42 Å². The average Bonchev–Trinajstić information content (AvgIpc) is 2.49. The number of benzene rings is 1. The molecule has 0 spiro atoms. The first-order valence-electron chi connectivity index (χ1n) is 7.65. The molecule has 0 saturated heterocycles. The highest BCUT2D eigenvalue weighted by Gasteiger charge is 2.34. The molecule has 112 valence electrons. The van der Waals surface area contributed by atoms with Gasteiger partial charge in [-0.3, -0.25) is 4.79 Å². The van der Waals surface area contributed by atoms with E-state index in [0.717, 1.165) is 36.9 Å². The molecule has 1 aromatic carbocycles. The van der Waals surface area contributed by atoms with Crippen molar-refractivity contribution >= 4 is 11.6 Å². The van der Waals surface area contributed by atoms with Crippen LogP contribution in [0, 0.1) is 17.3 Å². The number of aliphatic hydroxyl groups is 1. The first-order valence-corrected chi connectivity index (χ1v) is 7.65. The SMILES string of the molecule is CC1(C(=O)Nc2cccc(C#CCCO)c2)CCCCC1. The normalized spacial score (nSPS) is 16.7. The molecule has 0 radical (unpaired) electrons. The van der Waals surface area contributed by atoms with Gasteiger partial charge in [-0.25, -0.2) is 0 Å². The molecule has 0 aromatic heterocycles. The molecular weight excluding hydrogens is 262 g/mol. The van der Waals surface area contributed by atoms with Crippen LogP contribution in [0.25, 0.3) is 0 Å². The molecule has 0 bridgehead atoms. The van der Waals surface area contributed by atoms with Crippen molar-refractivity contribution in [2.75, 3.05) is 11.9 Å². The van der Waals surface area contributed by atoms with Crippen molar-refractivity contribution < 1.29 is 9.90 Å². The number of anilines is 1. The van der Waals surface area contributed by atoms with Gasteiger partial charge in [0.05, 0.1) is 6.61 Å². The monoisotopic (exact) mass is 285 g/mol. The van der Waals surface area contributed by atoms with Crippen LogP contribution in [0.3, 0.4) is 0 Å². The summed E-state index contributed by atoms with van der Waals surface area (Å²) in [6.07, 6.45) is 5.91. The molecule has 21 heavy (non-hydrogen) atoms. The van der Waals surface area contributed by atoms with Gasteiger partial charge >= 0.3 is 0 Å². The van der Waals surface area contributed by atoms with Gasteiger partial charge in [-0.1, -0.05) is 44.1 Å². The summed E-state index contributed by atoms with van der Waals surface area (Å²) in [6.45, 7) is 2.13. The maximum Gasteiger partial charge on any atom is 0.230 e. The Morgan fingerprint density at radius 1 is 1.33 bits per heavy atom. The maximum absolute atomic E-state index is 12.5. The summed E-state index contributed by atoms with van der Waals surface area (Å²) < 4.78 is 0. The lowest BCUT2D eigenvalue weighted by Gasteiger charge is -2.32. The topological polar surface area (TPSA) is 49.3 Å². The first-order chi connectivity index (χ1) is 10.1. The fourth-order valence-corrected chi connectivity index (χ4v) is 2.74. The van der Waals surface area contributed by atoms with E-state index < -0.39 is 0 Å². The van der Waals surface area contributed by atoms with Gasteiger partial charge in [-0.2, -0.15) is 0 Å². The Morgan fingerprint density at radius 2 is 2.10 bits per heavy atom. The quantitative estimate of drug-likeness (QED) is 0.837. The molecule has 0 atom stereocenters. The van der Waals surface area contributed by atoms with Gasteiger partial charge in [0.25, 0.3) is 0 Å². The van der Waals surface area contributed by atoms with Gasteiger partial charge in [0, 0.05) is 23.1 Å². The molecule has 1 fully saturated rings. The Kier molecular flexibility index (Phi) is 5.41. The molecule has 1 saturated carbocycles. The average molecular weight is 285 g/mol. The first kappa shape index (κ1) is 15.6. The Bertz CT molecular complexity index is 548. The van der Waals surface area contributed by atoms with Crippen molar-refractivity contribution in [3.05, 3.63) is 29.8 Å². The maximum atomic E-state index is 12.5. The van der Waals surface area contributed by atoms with Crippen LogP contribution in [-0.2, 0) is 4.79 Å². The van der Waals surface area contributed by atoms with Crippen molar-refractivity contribution in [3.63, 3.8) is 0 Å². The van der Waals surface area contributed by atoms with Crippen molar-refractivity contribution in [2.45, 2.75) is 45.4 Å². The van der Waals surface area contributed by atoms with Crippen LogP contribution in [0.4, 0.5) is 5.69 Å². The van der Waals surface area contributed by atoms with Crippen LogP contribution in [0.5, 0.6) is 0 Å². The van der Waals surface area contributed by atoms with Gasteiger partial charge in [0.2, 0.25) is 5.91 Å². The molecule has 3 nitrogen and oxygen atoms in total. The van der Waals surface area contributed by atoms with E-state index in [2.05, 4.69) is 24.1 Å². The van der Waals surface area contributed by atoms with E-state index in [-0.39, 0.29) is 17.9 Å². The highest BCUT2D eigenvalue weighted by Crippen LogP contribution is 2.36. The molecule has 0 unspecified atom stereocenters. The summed E-state index contributed by atoms with van der Waals surface area (Å²) in [6, 6.07) is 7.57. The highest BCUT2D eigenvalue weighted by atomic mass is 16.2. The minimum atomic E-state index is -0.239. The summed E-state index contributed by atoms with van der Waals surface area (Å²) >= 11 is 0. The molecular formula is C18H23NO2. The molecule has 0 aliphatic heterocycles. The summed E-state index contributed by atoms with van der Waals surface area (Å²) in [4.78, 5) is 12.5. The van der Waals surface area contributed by atoms with E-state index in [9.17, 15) is 4.79 Å². The predicted octanol–water partition coefficient (Wildman–Crippen LogP) is 3.33. The van der Waals surface area contributed by atoms with Gasteiger partial charge < -0.3 is 10.4 Å². The molecule has 2 N–H and O–H groups in total.